The Morgan fingerprint density at radius 3 is 2.64 bits per heavy atom. The van der Waals surface area contributed by atoms with Crippen LogP contribution in [0.4, 0.5) is 11.4 Å². The zero-order chi connectivity index (χ0) is 18.4. The summed E-state index contributed by atoms with van der Waals surface area (Å²) in [6, 6.07) is 12.1. The van der Waals surface area contributed by atoms with E-state index in [9.17, 15) is 14.9 Å². The zero-order valence-electron chi connectivity index (χ0n) is 14.2. The molecular weight excluding hydrogens is 342 g/mol. The fraction of sp³-hybridized carbons (Fsp3) is 0.278. The van der Waals surface area contributed by atoms with E-state index < -0.39 is 4.92 Å². The minimum absolute atomic E-state index is 0.0101. The van der Waals surface area contributed by atoms with E-state index in [0.717, 1.165) is 5.56 Å². The third-order valence-corrected chi connectivity index (χ3v) is 4.12. The number of likely N-dealkylation sites (N-methyl/N-ethyl adjacent to an activating group) is 1. The van der Waals surface area contributed by atoms with Crippen LogP contribution in [0.3, 0.4) is 0 Å². The van der Waals surface area contributed by atoms with Gasteiger partial charge in [-0.15, -0.1) is 0 Å². The van der Waals surface area contributed by atoms with E-state index in [-0.39, 0.29) is 18.1 Å². The summed E-state index contributed by atoms with van der Waals surface area (Å²) in [7, 11) is 0. The van der Waals surface area contributed by atoms with Crippen LogP contribution in [0.1, 0.15) is 18.1 Å². The molecule has 0 heterocycles. The number of anilines is 1. The molecule has 25 heavy (non-hydrogen) atoms. The van der Waals surface area contributed by atoms with Gasteiger partial charge in [-0.2, -0.15) is 0 Å². The van der Waals surface area contributed by atoms with Crippen molar-refractivity contribution in [3.8, 4) is 0 Å². The van der Waals surface area contributed by atoms with Crippen molar-refractivity contribution in [3.05, 3.63) is 68.7 Å². The average molecular weight is 362 g/mol. The van der Waals surface area contributed by atoms with Crippen LogP contribution >= 0.6 is 11.6 Å². The third-order valence-electron chi connectivity index (χ3n) is 3.89. The number of hydrogen-bond acceptors (Lipinski definition) is 4. The van der Waals surface area contributed by atoms with Crippen LogP contribution in [-0.4, -0.2) is 28.8 Å². The lowest BCUT2D eigenvalue weighted by molar-refractivity contribution is -0.385. The second kappa shape index (κ2) is 8.60. The molecule has 0 aromatic heterocycles. The standard InChI is InChI=1S/C18H20ClN3O3/c1-3-21(11-14-6-4-7-15(19)10-14)12-18(23)20-16-8-5-9-17(13(16)2)22(24)25/h4-10H,3,11-12H2,1-2H3,(H,20,23). The topological polar surface area (TPSA) is 75.5 Å². The normalized spacial score (nSPS) is 10.7. The van der Waals surface area contributed by atoms with Gasteiger partial charge in [0.2, 0.25) is 5.91 Å². The van der Waals surface area contributed by atoms with Crippen LogP contribution in [0.15, 0.2) is 42.5 Å². The molecule has 0 fully saturated rings. The van der Waals surface area contributed by atoms with Gasteiger partial charge in [0.1, 0.15) is 0 Å². The maximum Gasteiger partial charge on any atom is 0.274 e. The monoisotopic (exact) mass is 361 g/mol. The predicted octanol–water partition coefficient (Wildman–Crippen LogP) is 4.02. The largest absolute Gasteiger partial charge is 0.324 e. The molecule has 0 aliphatic rings. The van der Waals surface area contributed by atoms with Crippen molar-refractivity contribution in [3.63, 3.8) is 0 Å². The average Bonchev–Trinajstić information content (AvgIpc) is 2.56. The lowest BCUT2D eigenvalue weighted by atomic mass is 10.1. The Hall–Kier alpha value is -2.44. The molecule has 1 N–H and O–H groups in total. The highest BCUT2D eigenvalue weighted by Crippen LogP contribution is 2.25. The van der Waals surface area contributed by atoms with E-state index in [4.69, 9.17) is 11.6 Å². The van der Waals surface area contributed by atoms with Crippen molar-refractivity contribution < 1.29 is 9.72 Å². The molecule has 2 aromatic carbocycles. The molecule has 6 nitrogen and oxygen atoms in total. The van der Waals surface area contributed by atoms with Gasteiger partial charge in [-0.3, -0.25) is 19.8 Å². The molecule has 0 saturated carbocycles. The molecule has 0 unspecified atom stereocenters. The smallest absolute Gasteiger partial charge is 0.274 e. The minimum Gasteiger partial charge on any atom is -0.324 e. The van der Waals surface area contributed by atoms with E-state index in [1.807, 2.05) is 30.0 Å². The van der Waals surface area contributed by atoms with Crippen LogP contribution < -0.4 is 5.32 Å². The first-order valence-electron chi connectivity index (χ1n) is 7.91. The third kappa shape index (κ3) is 5.27. The number of amides is 1. The molecule has 0 aliphatic carbocycles. The van der Waals surface area contributed by atoms with Crippen molar-refractivity contribution in [2.45, 2.75) is 20.4 Å². The van der Waals surface area contributed by atoms with E-state index in [2.05, 4.69) is 5.32 Å². The lowest BCUT2D eigenvalue weighted by Crippen LogP contribution is -2.32. The second-order valence-corrected chi connectivity index (χ2v) is 6.12. The minimum atomic E-state index is -0.456. The number of nitrogens with one attached hydrogen (secondary N) is 1. The number of benzene rings is 2. The predicted molar refractivity (Wildman–Crippen MR) is 98.9 cm³/mol. The van der Waals surface area contributed by atoms with Crippen LogP contribution in [-0.2, 0) is 11.3 Å². The Morgan fingerprint density at radius 1 is 1.28 bits per heavy atom. The molecule has 0 radical (unpaired) electrons. The van der Waals surface area contributed by atoms with E-state index in [0.29, 0.717) is 29.4 Å². The van der Waals surface area contributed by atoms with Gasteiger partial charge in [0.25, 0.3) is 5.69 Å². The summed E-state index contributed by atoms with van der Waals surface area (Å²) >= 11 is 5.99. The van der Waals surface area contributed by atoms with Crippen LogP contribution in [0, 0.1) is 17.0 Å². The van der Waals surface area contributed by atoms with E-state index in [1.165, 1.54) is 6.07 Å². The number of nitro groups is 1. The number of halogens is 1. The molecule has 2 rings (SSSR count). The Kier molecular flexibility index (Phi) is 6.50. The Morgan fingerprint density at radius 2 is 2.00 bits per heavy atom. The zero-order valence-corrected chi connectivity index (χ0v) is 14.9. The second-order valence-electron chi connectivity index (χ2n) is 5.69. The van der Waals surface area contributed by atoms with Gasteiger partial charge >= 0.3 is 0 Å². The highest BCUT2D eigenvalue weighted by atomic mass is 35.5. The summed E-state index contributed by atoms with van der Waals surface area (Å²) in [4.78, 5) is 24.8. The van der Waals surface area contributed by atoms with E-state index >= 15 is 0 Å². The maximum absolute atomic E-state index is 12.3. The molecule has 0 bridgehead atoms. The Balaban J connectivity index is 2.03. The first kappa shape index (κ1) is 18.9. The van der Waals surface area contributed by atoms with Crippen molar-refractivity contribution in [2.75, 3.05) is 18.4 Å². The van der Waals surface area contributed by atoms with Crippen molar-refractivity contribution >= 4 is 28.9 Å². The van der Waals surface area contributed by atoms with Crippen molar-refractivity contribution in [1.29, 1.82) is 0 Å². The van der Waals surface area contributed by atoms with Crippen molar-refractivity contribution in [2.24, 2.45) is 0 Å². The maximum atomic E-state index is 12.3. The Labute approximate surface area is 151 Å². The number of rotatable bonds is 7. The van der Waals surface area contributed by atoms with E-state index in [1.54, 1.807) is 25.1 Å². The molecule has 0 atom stereocenters. The van der Waals surface area contributed by atoms with Crippen LogP contribution in [0.25, 0.3) is 0 Å². The van der Waals surface area contributed by atoms with Crippen LogP contribution in [0.2, 0.25) is 5.02 Å². The Bertz CT molecular complexity index is 780. The molecule has 132 valence electrons. The molecule has 0 aliphatic heterocycles. The summed E-state index contributed by atoms with van der Waals surface area (Å²) in [6.07, 6.45) is 0. The molecular formula is C18H20ClN3O3. The lowest BCUT2D eigenvalue weighted by Gasteiger charge is -2.20. The summed E-state index contributed by atoms with van der Waals surface area (Å²) < 4.78 is 0. The van der Waals surface area contributed by atoms with Crippen LogP contribution in [0.5, 0.6) is 0 Å². The first-order valence-corrected chi connectivity index (χ1v) is 8.29. The molecule has 7 heteroatoms. The van der Waals surface area contributed by atoms with Gasteiger partial charge in [0.15, 0.2) is 0 Å². The highest BCUT2D eigenvalue weighted by molar-refractivity contribution is 6.30. The number of nitrogens with zero attached hydrogens (tertiary/aromatic N) is 2. The van der Waals surface area contributed by atoms with Gasteiger partial charge in [-0.1, -0.05) is 36.7 Å². The number of carbonyl (C=O) groups excluding carboxylic acids is 1. The summed E-state index contributed by atoms with van der Waals surface area (Å²) in [5.74, 6) is -0.215. The van der Waals surface area contributed by atoms with Crippen molar-refractivity contribution in [1.82, 2.24) is 4.90 Å². The quantitative estimate of drug-likeness (QED) is 0.597. The summed E-state index contributed by atoms with van der Waals surface area (Å²) in [5.41, 5.74) is 1.91. The van der Waals surface area contributed by atoms with Gasteiger partial charge in [-0.05, 0) is 37.2 Å². The molecule has 0 spiro atoms. The molecule has 2 aromatic rings. The van der Waals surface area contributed by atoms with Gasteiger partial charge in [0.05, 0.1) is 22.7 Å². The fourth-order valence-corrected chi connectivity index (χ4v) is 2.74. The van der Waals surface area contributed by atoms with Gasteiger partial charge < -0.3 is 5.32 Å². The fourth-order valence-electron chi connectivity index (χ4n) is 2.52. The summed E-state index contributed by atoms with van der Waals surface area (Å²) in [5, 5.41) is 14.4. The number of nitro benzene ring substituents is 1. The van der Waals surface area contributed by atoms with Gasteiger partial charge in [-0.25, -0.2) is 0 Å². The number of carbonyl (C=O) groups is 1. The molecule has 1 amide bonds. The number of hydrogen-bond donors (Lipinski definition) is 1. The van der Waals surface area contributed by atoms with Gasteiger partial charge in [0, 0.05) is 17.6 Å². The first-order chi connectivity index (χ1) is 11.9. The molecule has 0 saturated heterocycles. The highest BCUT2D eigenvalue weighted by Gasteiger charge is 2.16. The SMILES string of the molecule is CCN(CC(=O)Nc1cccc([N+](=O)[O-])c1C)Cc1cccc(Cl)c1. The summed E-state index contributed by atoms with van der Waals surface area (Å²) in [6.45, 7) is 5.06.